The predicted molar refractivity (Wildman–Crippen MR) is 156 cm³/mol. The van der Waals surface area contributed by atoms with Crippen LogP contribution in [-0.4, -0.2) is 80.7 Å². The van der Waals surface area contributed by atoms with E-state index in [1.807, 2.05) is 43.3 Å². The molecule has 222 valence electrons. The highest BCUT2D eigenvalue weighted by Gasteiger charge is 2.47. The molecule has 11 heteroatoms. The van der Waals surface area contributed by atoms with E-state index in [4.69, 9.17) is 9.73 Å². The number of allylic oxidation sites excluding steroid dienone is 2. The smallest absolute Gasteiger partial charge is 0.227 e. The Morgan fingerprint density at radius 2 is 2.05 bits per heavy atom. The number of nitrogens with zero attached hydrogens (tertiary/aromatic N) is 6. The van der Waals surface area contributed by atoms with Crippen molar-refractivity contribution in [3.05, 3.63) is 65.8 Å². The number of ether oxygens (including phenoxy) is 1. The van der Waals surface area contributed by atoms with Crippen molar-refractivity contribution in [1.29, 1.82) is 5.26 Å². The number of likely N-dealkylation sites (tertiary alicyclic amines) is 2. The molecule has 0 aliphatic carbocycles. The number of H-pyrrole nitrogens is 1. The van der Waals surface area contributed by atoms with Crippen molar-refractivity contribution in [1.82, 2.24) is 24.8 Å². The summed E-state index contributed by atoms with van der Waals surface area (Å²) >= 11 is 0. The largest absolute Gasteiger partial charge is 0.353 e. The van der Waals surface area contributed by atoms with Crippen LogP contribution in [0.25, 0.3) is 16.6 Å². The van der Waals surface area contributed by atoms with Crippen LogP contribution in [0.4, 0.5) is 8.78 Å². The van der Waals surface area contributed by atoms with Crippen molar-refractivity contribution in [3.8, 4) is 6.07 Å². The number of hydrogen-bond donors (Lipinski definition) is 2. The second-order valence-corrected chi connectivity index (χ2v) is 11.3. The van der Waals surface area contributed by atoms with Gasteiger partial charge in [-0.15, -0.1) is 0 Å². The van der Waals surface area contributed by atoms with Crippen molar-refractivity contribution >= 4 is 22.8 Å². The lowest BCUT2D eigenvalue weighted by atomic mass is 9.75. The zero-order chi connectivity index (χ0) is 29.7. The predicted octanol–water partition coefficient (Wildman–Crippen LogP) is 4.66. The van der Waals surface area contributed by atoms with Crippen LogP contribution in [0.5, 0.6) is 0 Å². The van der Waals surface area contributed by atoms with Crippen molar-refractivity contribution in [3.63, 3.8) is 0 Å². The number of aliphatic imine (C=N–C) groups is 1. The normalized spacial score (nSPS) is 20.0. The molecule has 2 fully saturated rings. The van der Waals surface area contributed by atoms with Gasteiger partial charge in [-0.2, -0.15) is 5.26 Å². The van der Waals surface area contributed by atoms with Crippen LogP contribution in [0.1, 0.15) is 50.8 Å². The third-order valence-electron chi connectivity index (χ3n) is 8.52. The third kappa shape index (κ3) is 6.27. The van der Waals surface area contributed by atoms with Crippen LogP contribution in [-0.2, 0) is 11.3 Å². The minimum atomic E-state index is -1.48. The molecule has 4 heterocycles. The van der Waals surface area contributed by atoms with Crippen LogP contribution in [0.3, 0.4) is 0 Å². The van der Waals surface area contributed by atoms with Gasteiger partial charge in [0.2, 0.25) is 5.91 Å². The van der Waals surface area contributed by atoms with Gasteiger partial charge in [-0.3, -0.25) is 14.8 Å². The maximum Gasteiger partial charge on any atom is 0.227 e. The molecule has 0 radical (unpaired) electrons. The number of aliphatic hydroxyl groups is 1. The van der Waals surface area contributed by atoms with Gasteiger partial charge < -0.3 is 14.8 Å². The number of piperidine rings is 1. The van der Waals surface area contributed by atoms with E-state index >= 15 is 0 Å². The van der Waals surface area contributed by atoms with Crippen molar-refractivity contribution in [2.45, 2.75) is 58.1 Å². The number of halogens is 2. The molecular formula is C31H37F2N7O2. The second kappa shape index (κ2) is 12.8. The molecule has 5 rings (SSSR count). The molecule has 2 aromatic heterocycles. The first-order chi connectivity index (χ1) is 20.3. The molecule has 2 aliphatic rings. The van der Waals surface area contributed by atoms with E-state index in [0.29, 0.717) is 44.1 Å². The van der Waals surface area contributed by atoms with Crippen molar-refractivity contribution in [2.24, 2.45) is 10.4 Å². The molecule has 42 heavy (non-hydrogen) atoms. The first kappa shape index (κ1) is 29.9. The van der Waals surface area contributed by atoms with Gasteiger partial charge in [0, 0.05) is 80.4 Å². The fourth-order valence-electron chi connectivity index (χ4n) is 6.05. The van der Waals surface area contributed by atoms with E-state index in [-0.39, 0.29) is 12.0 Å². The van der Waals surface area contributed by atoms with Gasteiger partial charge in [0.1, 0.15) is 12.0 Å². The Bertz CT molecular complexity index is 1490. The number of aromatic nitrogens is 3. The minimum Gasteiger partial charge on any atom is -0.353 e. The van der Waals surface area contributed by atoms with Gasteiger partial charge in [-0.25, -0.2) is 18.7 Å². The Hall–Kier alpha value is -3.56. The molecule has 1 atom stereocenters. The van der Waals surface area contributed by atoms with E-state index < -0.39 is 17.5 Å². The fraction of sp³-hybridized carbons (Fsp3) is 0.484. The number of fused-ring (bicyclic) bond motifs is 1. The third-order valence-corrected chi connectivity index (χ3v) is 8.52. The SMILES string of the molecule is C/C=C(\C=NCC1(CC#N)CN(C2CCN(C(O)(CC)OCc3ccc(F)c(F)c3)CC2)C1)c1ncnc2[nH]ccc12. The van der Waals surface area contributed by atoms with Crippen molar-refractivity contribution < 1.29 is 18.6 Å². The summed E-state index contributed by atoms with van der Waals surface area (Å²) in [6.45, 7) is 7.22. The molecule has 3 aromatic rings. The van der Waals surface area contributed by atoms with Crippen LogP contribution < -0.4 is 0 Å². The lowest BCUT2D eigenvalue weighted by molar-refractivity contribution is -0.305. The first-order valence-corrected chi connectivity index (χ1v) is 14.4. The molecule has 1 unspecified atom stereocenters. The summed E-state index contributed by atoms with van der Waals surface area (Å²) in [7, 11) is 0. The summed E-state index contributed by atoms with van der Waals surface area (Å²) in [5.41, 5.74) is 2.79. The van der Waals surface area contributed by atoms with E-state index in [1.54, 1.807) is 0 Å². The van der Waals surface area contributed by atoms with Gasteiger partial charge in [-0.05, 0) is 43.5 Å². The average Bonchev–Trinajstić information content (AvgIpc) is 3.48. The molecule has 2 aliphatic heterocycles. The Labute approximate surface area is 244 Å². The number of rotatable bonds is 11. The lowest BCUT2D eigenvalue weighted by Crippen LogP contribution is -2.64. The Kier molecular flexibility index (Phi) is 9.08. The van der Waals surface area contributed by atoms with Crippen LogP contribution in [0, 0.1) is 28.4 Å². The van der Waals surface area contributed by atoms with E-state index in [0.717, 1.165) is 60.4 Å². The van der Waals surface area contributed by atoms with Gasteiger partial charge in [0.25, 0.3) is 0 Å². The molecule has 0 saturated carbocycles. The first-order valence-electron chi connectivity index (χ1n) is 14.4. The summed E-state index contributed by atoms with van der Waals surface area (Å²) < 4.78 is 32.7. The number of benzene rings is 1. The van der Waals surface area contributed by atoms with Gasteiger partial charge in [0.05, 0.1) is 18.4 Å². The second-order valence-electron chi connectivity index (χ2n) is 11.3. The quantitative estimate of drug-likeness (QED) is 0.252. The minimum absolute atomic E-state index is 0.0208. The standard InChI is InChI=1S/C31H37F2N7O2/c1-3-23(28-25-7-12-36-29(25)38-21-37-28)16-35-18-30(10-11-34)19-39(20-30)24-8-13-40(14-9-24)31(41,4-2)42-17-22-5-6-26(32)27(33)15-22/h3,5-7,12,15-16,21,24,41H,4,8-10,13-14,17-20H2,1-2H3,(H,36,37,38)/b23-3+,35-16?. The molecule has 0 spiro atoms. The average molecular weight is 578 g/mol. The van der Waals surface area contributed by atoms with E-state index in [2.05, 4.69) is 25.9 Å². The molecule has 1 aromatic carbocycles. The summed E-state index contributed by atoms with van der Waals surface area (Å²) in [6.07, 6.45) is 9.70. The summed E-state index contributed by atoms with van der Waals surface area (Å²) in [5, 5.41) is 21.7. The molecule has 9 nitrogen and oxygen atoms in total. The monoisotopic (exact) mass is 577 g/mol. The van der Waals surface area contributed by atoms with E-state index in [9.17, 15) is 19.1 Å². The summed E-state index contributed by atoms with van der Waals surface area (Å²) in [4.78, 5) is 20.9. The van der Waals surface area contributed by atoms with Crippen LogP contribution in [0.15, 0.2) is 47.9 Å². The lowest BCUT2D eigenvalue weighted by Gasteiger charge is -2.54. The van der Waals surface area contributed by atoms with E-state index in [1.165, 1.54) is 12.4 Å². The highest BCUT2D eigenvalue weighted by Crippen LogP contribution is 2.38. The van der Waals surface area contributed by atoms with Gasteiger partial charge in [0.15, 0.2) is 11.6 Å². The maximum atomic E-state index is 13.6. The summed E-state index contributed by atoms with van der Waals surface area (Å²) in [5.74, 6) is -3.33. The Balaban J connectivity index is 1.14. The zero-order valence-electron chi connectivity index (χ0n) is 24.1. The number of aromatic amines is 1. The van der Waals surface area contributed by atoms with Crippen LogP contribution in [0.2, 0.25) is 0 Å². The highest BCUT2D eigenvalue weighted by atomic mass is 19.2. The number of nitriles is 1. The molecular weight excluding hydrogens is 540 g/mol. The fourth-order valence-corrected chi connectivity index (χ4v) is 6.05. The van der Waals surface area contributed by atoms with Crippen molar-refractivity contribution in [2.75, 3.05) is 32.7 Å². The van der Waals surface area contributed by atoms with Gasteiger partial charge in [-0.1, -0.05) is 19.1 Å². The number of hydrogen-bond acceptors (Lipinski definition) is 8. The Morgan fingerprint density at radius 3 is 2.74 bits per heavy atom. The molecule has 0 amide bonds. The highest BCUT2D eigenvalue weighted by molar-refractivity contribution is 6.13. The molecule has 2 saturated heterocycles. The summed E-state index contributed by atoms with van der Waals surface area (Å²) in [6, 6.07) is 8.28. The van der Waals surface area contributed by atoms with Crippen LogP contribution >= 0.6 is 0 Å². The zero-order valence-corrected chi connectivity index (χ0v) is 24.1. The Morgan fingerprint density at radius 1 is 1.26 bits per heavy atom. The van der Waals surface area contributed by atoms with Gasteiger partial charge >= 0.3 is 0 Å². The number of nitrogens with one attached hydrogen (secondary N) is 1. The molecule has 2 N–H and O–H groups in total. The topological polar surface area (TPSA) is 114 Å². The molecule has 0 bridgehead atoms. The maximum absolute atomic E-state index is 13.6.